The summed E-state index contributed by atoms with van der Waals surface area (Å²) in [6, 6.07) is 0.151. The maximum atomic E-state index is 11.7. The van der Waals surface area contributed by atoms with Crippen LogP contribution in [0.2, 0.25) is 0 Å². The highest BCUT2D eigenvalue weighted by Crippen LogP contribution is 2.26. The molecule has 1 heterocycles. The number of carbonyl (C=O) groups is 1. The van der Waals surface area contributed by atoms with Crippen LogP contribution in [-0.4, -0.2) is 38.3 Å². The SMILES string of the molecule is COC(=O)[C@@H](NC1CCNCC1(C)C)C(C)C. The van der Waals surface area contributed by atoms with Gasteiger partial charge in [0.2, 0.25) is 0 Å². The van der Waals surface area contributed by atoms with Crippen molar-refractivity contribution in [3.8, 4) is 0 Å². The van der Waals surface area contributed by atoms with Crippen LogP contribution >= 0.6 is 0 Å². The van der Waals surface area contributed by atoms with E-state index in [0.29, 0.717) is 6.04 Å². The molecule has 2 atom stereocenters. The average molecular weight is 242 g/mol. The molecule has 4 heteroatoms. The zero-order chi connectivity index (χ0) is 13.1. The molecule has 0 radical (unpaired) electrons. The molecule has 0 aromatic rings. The van der Waals surface area contributed by atoms with Gasteiger partial charge in [-0.25, -0.2) is 0 Å². The third kappa shape index (κ3) is 3.68. The zero-order valence-electron chi connectivity index (χ0n) is 11.7. The smallest absolute Gasteiger partial charge is 0.323 e. The first-order chi connectivity index (χ1) is 7.88. The molecule has 0 saturated carbocycles. The Labute approximate surface area is 104 Å². The van der Waals surface area contributed by atoms with Gasteiger partial charge in [-0.15, -0.1) is 0 Å². The van der Waals surface area contributed by atoms with E-state index in [1.807, 2.05) is 13.8 Å². The van der Waals surface area contributed by atoms with E-state index in [0.717, 1.165) is 19.5 Å². The Morgan fingerprint density at radius 1 is 1.47 bits per heavy atom. The number of carbonyl (C=O) groups excluding carboxylic acids is 1. The minimum atomic E-state index is -0.206. The fourth-order valence-corrected chi connectivity index (χ4v) is 2.36. The summed E-state index contributed by atoms with van der Waals surface area (Å²) in [5.41, 5.74) is 0.166. The van der Waals surface area contributed by atoms with Crippen LogP contribution in [0.3, 0.4) is 0 Å². The molecular formula is C13H26N2O2. The first-order valence-corrected chi connectivity index (χ1v) is 6.43. The van der Waals surface area contributed by atoms with Gasteiger partial charge in [0, 0.05) is 12.6 Å². The number of nitrogens with one attached hydrogen (secondary N) is 2. The Balaban J connectivity index is 2.68. The number of ether oxygens (including phenoxy) is 1. The van der Waals surface area contributed by atoms with Crippen LogP contribution in [0.1, 0.15) is 34.1 Å². The van der Waals surface area contributed by atoms with Gasteiger partial charge >= 0.3 is 5.97 Å². The molecule has 0 aromatic heterocycles. The van der Waals surface area contributed by atoms with Gasteiger partial charge in [-0.05, 0) is 24.3 Å². The van der Waals surface area contributed by atoms with Crippen molar-refractivity contribution in [2.45, 2.75) is 46.2 Å². The van der Waals surface area contributed by atoms with Gasteiger partial charge in [-0.2, -0.15) is 0 Å². The van der Waals surface area contributed by atoms with E-state index >= 15 is 0 Å². The standard InChI is InChI=1S/C13H26N2O2/c1-9(2)11(12(16)17-5)15-10-6-7-14-8-13(10,3)4/h9-11,14-15H,6-8H2,1-5H3/t10?,11-/m0/s1. The normalized spacial score (nSPS) is 25.6. The second-order valence-corrected chi connectivity index (χ2v) is 5.92. The molecule has 2 N–H and O–H groups in total. The van der Waals surface area contributed by atoms with Crippen LogP contribution in [0.5, 0.6) is 0 Å². The van der Waals surface area contributed by atoms with Gasteiger partial charge in [-0.1, -0.05) is 27.7 Å². The Morgan fingerprint density at radius 2 is 2.12 bits per heavy atom. The highest BCUT2D eigenvalue weighted by atomic mass is 16.5. The summed E-state index contributed by atoms with van der Waals surface area (Å²) in [5.74, 6) is 0.0856. The minimum absolute atomic E-state index is 0.158. The lowest BCUT2D eigenvalue weighted by Gasteiger charge is -2.41. The molecule has 4 nitrogen and oxygen atoms in total. The lowest BCUT2D eigenvalue weighted by molar-refractivity contribution is -0.145. The molecular weight excluding hydrogens is 216 g/mol. The molecule has 17 heavy (non-hydrogen) atoms. The van der Waals surface area contributed by atoms with Crippen LogP contribution < -0.4 is 10.6 Å². The van der Waals surface area contributed by atoms with Gasteiger partial charge in [0.05, 0.1) is 7.11 Å². The number of esters is 1. The molecule has 0 spiro atoms. The number of rotatable bonds is 4. The fourth-order valence-electron chi connectivity index (χ4n) is 2.36. The van der Waals surface area contributed by atoms with Crippen LogP contribution in [-0.2, 0) is 9.53 Å². The second-order valence-electron chi connectivity index (χ2n) is 5.92. The lowest BCUT2D eigenvalue weighted by Crippen LogP contribution is -2.58. The van der Waals surface area contributed by atoms with Crippen LogP contribution in [0.25, 0.3) is 0 Å². The van der Waals surface area contributed by atoms with Crippen molar-refractivity contribution in [2.24, 2.45) is 11.3 Å². The molecule has 1 saturated heterocycles. The van der Waals surface area contributed by atoms with Crippen LogP contribution in [0.15, 0.2) is 0 Å². The maximum Gasteiger partial charge on any atom is 0.323 e. The molecule has 0 bridgehead atoms. The first-order valence-electron chi connectivity index (χ1n) is 6.43. The van der Waals surface area contributed by atoms with Crippen molar-refractivity contribution in [3.05, 3.63) is 0 Å². The highest BCUT2D eigenvalue weighted by molar-refractivity contribution is 5.76. The van der Waals surface area contributed by atoms with Gasteiger partial charge in [0.15, 0.2) is 0 Å². The molecule has 0 amide bonds. The quantitative estimate of drug-likeness (QED) is 0.726. The highest BCUT2D eigenvalue weighted by Gasteiger charge is 2.36. The predicted molar refractivity (Wildman–Crippen MR) is 68.8 cm³/mol. The Hall–Kier alpha value is -0.610. The van der Waals surface area contributed by atoms with Crippen molar-refractivity contribution >= 4 is 5.97 Å². The molecule has 1 unspecified atom stereocenters. The van der Waals surface area contributed by atoms with Crippen molar-refractivity contribution in [2.75, 3.05) is 20.2 Å². The number of hydrogen-bond donors (Lipinski definition) is 2. The summed E-state index contributed by atoms with van der Waals surface area (Å²) < 4.78 is 4.87. The van der Waals surface area contributed by atoms with Crippen molar-refractivity contribution < 1.29 is 9.53 Å². The maximum absolute atomic E-state index is 11.7. The van der Waals surface area contributed by atoms with Crippen LogP contribution in [0.4, 0.5) is 0 Å². The summed E-state index contributed by atoms with van der Waals surface area (Å²) in [5, 5.41) is 6.88. The van der Waals surface area contributed by atoms with E-state index in [1.54, 1.807) is 0 Å². The number of hydrogen-bond acceptors (Lipinski definition) is 4. The third-order valence-corrected chi connectivity index (χ3v) is 3.64. The Kier molecular flexibility index (Phi) is 4.95. The van der Waals surface area contributed by atoms with Gasteiger partial charge in [0.25, 0.3) is 0 Å². The number of piperidine rings is 1. The minimum Gasteiger partial charge on any atom is -0.468 e. The third-order valence-electron chi connectivity index (χ3n) is 3.64. The summed E-state index contributed by atoms with van der Waals surface area (Å²) in [4.78, 5) is 11.7. The molecule has 0 aliphatic carbocycles. The van der Waals surface area contributed by atoms with E-state index in [1.165, 1.54) is 7.11 Å². The van der Waals surface area contributed by atoms with E-state index < -0.39 is 0 Å². The van der Waals surface area contributed by atoms with Crippen molar-refractivity contribution in [1.82, 2.24) is 10.6 Å². The fraction of sp³-hybridized carbons (Fsp3) is 0.923. The molecule has 100 valence electrons. The van der Waals surface area contributed by atoms with Gasteiger partial charge in [0.1, 0.15) is 6.04 Å². The number of methoxy groups -OCH3 is 1. The Bertz CT molecular complexity index is 264. The summed E-state index contributed by atoms with van der Waals surface area (Å²) in [6.45, 7) is 10.5. The largest absolute Gasteiger partial charge is 0.468 e. The molecule has 1 aliphatic rings. The van der Waals surface area contributed by atoms with Gasteiger partial charge < -0.3 is 15.4 Å². The Morgan fingerprint density at radius 3 is 2.59 bits per heavy atom. The molecule has 1 fully saturated rings. The van der Waals surface area contributed by atoms with E-state index in [2.05, 4.69) is 24.5 Å². The van der Waals surface area contributed by atoms with E-state index in [4.69, 9.17) is 4.74 Å². The van der Waals surface area contributed by atoms with Crippen LogP contribution in [0, 0.1) is 11.3 Å². The topological polar surface area (TPSA) is 50.4 Å². The summed E-state index contributed by atoms with van der Waals surface area (Å²) in [6.07, 6.45) is 1.05. The van der Waals surface area contributed by atoms with E-state index in [-0.39, 0.29) is 23.3 Å². The average Bonchev–Trinajstić information content (AvgIpc) is 2.25. The first kappa shape index (κ1) is 14.5. The molecule has 1 aliphatic heterocycles. The van der Waals surface area contributed by atoms with Crippen molar-refractivity contribution in [3.63, 3.8) is 0 Å². The summed E-state index contributed by atoms with van der Waals surface area (Å²) in [7, 11) is 1.45. The predicted octanol–water partition coefficient (Wildman–Crippen LogP) is 1.16. The lowest BCUT2D eigenvalue weighted by atomic mass is 9.79. The van der Waals surface area contributed by atoms with Crippen molar-refractivity contribution in [1.29, 1.82) is 0 Å². The summed E-state index contributed by atoms with van der Waals surface area (Å²) >= 11 is 0. The zero-order valence-corrected chi connectivity index (χ0v) is 11.7. The molecule has 1 rings (SSSR count). The van der Waals surface area contributed by atoms with Gasteiger partial charge in [-0.3, -0.25) is 4.79 Å². The molecule has 0 aromatic carbocycles. The second kappa shape index (κ2) is 5.83. The monoisotopic (exact) mass is 242 g/mol. The van der Waals surface area contributed by atoms with E-state index in [9.17, 15) is 4.79 Å².